The monoisotopic (exact) mass is 522 g/mol. The molecule has 2 aromatic heterocycles. The topological polar surface area (TPSA) is 157 Å². The number of urea groups is 1. The Labute approximate surface area is 214 Å². The summed E-state index contributed by atoms with van der Waals surface area (Å²) in [5.74, 6) is -3.13. The van der Waals surface area contributed by atoms with Crippen LogP contribution >= 0.6 is 0 Å². The van der Waals surface area contributed by atoms with Crippen molar-refractivity contribution in [3.05, 3.63) is 58.8 Å². The van der Waals surface area contributed by atoms with Gasteiger partial charge < -0.3 is 14.9 Å². The van der Waals surface area contributed by atoms with Crippen LogP contribution in [0, 0.1) is 29.9 Å². The summed E-state index contributed by atoms with van der Waals surface area (Å²) in [5, 5.41) is 27.5. The molecule has 1 atom stereocenters. The Hall–Kier alpha value is -5.00. The molecule has 1 saturated heterocycles. The van der Waals surface area contributed by atoms with Crippen molar-refractivity contribution in [2.75, 3.05) is 31.1 Å². The van der Waals surface area contributed by atoms with Crippen LogP contribution in [0.2, 0.25) is 0 Å². The van der Waals surface area contributed by atoms with Crippen LogP contribution in [0.1, 0.15) is 40.0 Å². The second-order valence-electron chi connectivity index (χ2n) is 8.58. The molecule has 2 aliphatic rings. The Bertz CT molecular complexity index is 1490. The number of rotatable bonds is 4. The summed E-state index contributed by atoms with van der Waals surface area (Å²) in [6, 6.07) is 4.97. The van der Waals surface area contributed by atoms with E-state index < -0.39 is 29.5 Å². The number of aromatic nitrogens is 5. The molecule has 0 saturated carbocycles. The van der Waals surface area contributed by atoms with Gasteiger partial charge in [-0.2, -0.15) is 20.0 Å². The minimum Gasteiger partial charge on any atom is -0.475 e. The molecule has 3 aromatic rings. The number of hydrogen-bond donors (Lipinski definition) is 1. The number of hydrogen-bond acceptors (Lipinski definition) is 9. The highest BCUT2D eigenvalue weighted by molar-refractivity contribution is 5.83. The maximum absolute atomic E-state index is 14.5. The number of benzene rings is 1. The van der Waals surface area contributed by atoms with Gasteiger partial charge in [0.1, 0.15) is 11.6 Å². The number of aryl methyl sites for hydroxylation is 1. The molecule has 1 fully saturated rings. The first-order valence-electron chi connectivity index (χ1n) is 11.5. The van der Waals surface area contributed by atoms with Crippen LogP contribution in [0.25, 0.3) is 5.82 Å². The van der Waals surface area contributed by atoms with Crippen LogP contribution in [-0.2, 0) is 0 Å². The van der Waals surface area contributed by atoms with E-state index in [0.29, 0.717) is 25.1 Å². The van der Waals surface area contributed by atoms with Gasteiger partial charge in [0, 0.05) is 38.8 Å². The van der Waals surface area contributed by atoms with Gasteiger partial charge in [-0.1, -0.05) is 0 Å². The maximum atomic E-state index is 14.5. The van der Waals surface area contributed by atoms with E-state index in [1.54, 1.807) is 22.1 Å². The molecule has 1 N–H and O–H groups in total. The molecule has 0 radical (unpaired) electrons. The molecule has 2 amide bonds. The van der Waals surface area contributed by atoms with Gasteiger partial charge in [-0.3, -0.25) is 0 Å². The minimum atomic E-state index is -1.35. The molecule has 1 aromatic carbocycles. The smallest absolute Gasteiger partial charge is 0.375 e. The zero-order chi connectivity index (χ0) is 27.0. The number of nitriles is 1. The molecular formula is C23H20F2N10O3. The molecule has 0 spiro atoms. The quantitative estimate of drug-likeness (QED) is 0.540. The van der Waals surface area contributed by atoms with Crippen molar-refractivity contribution in [3.63, 3.8) is 0 Å². The Morgan fingerprint density at radius 1 is 1.13 bits per heavy atom. The zero-order valence-electron chi connectivity index (χ0n) is 20.0. The van der Waals surface area contributed by atoms with Crippen molar-refractivity contribution in [2.24, 2.45) is 5.10 Å². The molecule has 0 unspecified atom stereocenters. The summed E-state index contributed by atoms with van der Waals surface area (Å²) in [6.45, 7) is 2.70. The van der Waals surface area contributed by atoms with Crippen LogP contribution in [-0.4, -0.2) is 84.1 Å². The molecular weight excluding hydrogens is 502 g/mol. The van der Waals surface area contributed by atoms with E-state index in [9.17, 15) is 18.4 Å². The molecule has 15 heteroatoms. The standard InChI is InChI=1S/C23H20F2N10O3/c1-13-29-19(21(36)37)31-34(13)20-17(25)12-27-22(30-20)32-4-6-33(7-5-32)23(38)35-18(2-3-28-35)15-8-14(11-26)9-16(24)10-15/h3,8-10,12,18H,2,4-7H2,1H3,(H,36,37)/t18-/m0/s1. The lowest BCUT2D eigenvalue weighted by Crippen LogP contribution is -2.52. The molecule has 0 aliphatic carbocycles. The van der Waals surface area contributed by atoms with E-state index in [-0.39, 0.29) is 42.3 Å². The summed E-state index contributed by atoms with van der Waals surface area (Å²) >= 11 is 0. The molecule has 0 bridgehead atoms. The summed E-state index contributed by atoms with van der Waals surface area (Å²) in [4.78, 5) is 39.8. The fraction of sp³-hybridized carbons (Fsp3) is 0.304. The number of anilines is 1. The first-order valence-corrected chi connectivity index (χ1v) is 11.5. The third kappa shape index (κ3) is 4.59. The fourth-order valence-corrected chi connectivity index (χ4v) is 4.32. The third-order valence-electron chi connectivity index (χ3n) is 6.17. The van der Waals surface area contributed by atoms with Crippen molar-refractivity contribution >= 4 is 24.2 Å². The molecule has 13 nitrogen and oxygen atoms in total. The predicted octanol–water partition coefficient (Wildman–Crippen LogP) is 1.89. The van der Waals surface area contributed by atoms with Crippen molar-refractivity contribution in [3.8, 4) is 11.9 Å². The highest BCUT2D eigenvalue weighted by atomic mass is 19.1. The van der Waals surface area contributed by atoms with Crippen molar-refractivity contribution in [1.29, 1.82) is 5.26 Å². The van der Waals surface area contributed by atoms with Gasteiger partial charge >= 0.3 is 12.0 Å². The number of hydrazone groups is 1. The molecule has 38 heavy (non-hydrogen) atoms. The van der Waals surface area contributed by atoms with Gasteiger partial charge in [0.15, 0.2) is 11.6 Å². The first-order chi connectivity index (χ1) is 18.2. The van der Waals surface area contributed by atoms with E-state index in [1.807, 2.05) is 6.07 Å². The lowest BCUT2D eigenvalue weighted by molar-refractivity contribution is 0.0683. The second kappa shape index (κ2) is 9.81. The van der Waals surface area contributed by atoms with E-state index in [0.717, 1.165) is 16.9 Å². The van der Waals surface area contributed by atoms with Gasteiger partial charge in [0.25, 0.3) is 5.82 Å². The molecule has 5 rings (SSSR count). The largest absolute Gasteiger partial charge is 0.475 e. The van der Waals surface area contributed by atoms with Crippen LogP contribution in [0.3, 0.4) is 0 Å². The summed E-state index contributed by atoms with van der Waals surface area (Å²) < 4.78 is 29.5. The second-order valence-corrected chi connectivity index (χ2v) is 8.58. The Morgan fingerprint density at radius 2 is 1.89 bits per heavy atom. The zero-order valence-corrected chi connectivity index (χ0v) is 20.0. The number of carboxylic acids is 1. The van der Waals surface area contributed by atoms with Gasteiger partial charge in [-0.25, -0.2) is 33.3 Å². The van der Waals surface area contributed by atoms with E-state index in [2.05, 4.69) is 25.2 Å². The number of halogens is 2. The van der Waals surface area contributed by atoms with Crippen molar-refractivity contribution in [2.45, 2.75) is 19.4 Å². The lowest BCUT2D eigenvalue weighted by atomic mass is 10.0. The number of amides is 2. The number of aromatic carboxylic acids is 1. The van der Waals surface area contributed by atoms with Crippen molar-refractivity contribution in [1.82, 2.24) is 34.6 Å². The Balaban J connectivity index is 1.29. The SMILES string of the molecule is Cc1nc(C(=O)O)nn1-c1nc(N2CCN(C(=O)N3N=CC[C@H]3c3cc(F)cc(C#N)c3)CC2)ncc1F. The Morgan fingerprint density at radius 3 is 2.58 bits per heavy atom. The lowest BCUT2D eigenvalue weighted by Gasteiger charge is -2.37. The summed E-state index contributed by atoms with van der Waals surface area (Å²) in [6.07, 6.45) is 2.93. The number of nitrogens with zero attached hydrogens (tertiary/aromatic N) is 10. The van der Waals surface area contributed by atoms with Gasteiger partial charge in [0.2, 0.25) is 5.95 Å². The van der Waals surface area contributed by atoms with Gasteiger partial charge in [-0.15, -0.1) is 5.10 Å². The van der Waals surface area contributed by atoms with E-state index >= 15 is 0 Å². The van der Waals surface area contributed by atoms with Crippen LogP contribution in [0.15, 0.2) is 29.5 Å². The number of piperazine rings is 1. The highest BCUT2D eigenvalue weighted by Gasteiger charge is 2.34. The minimum absolute atomic E-state index is 0.141. The van der Waals surface area contributed by atoms with Crippen molar-refractivity contribution < 1.29 is 23.5 Å². The molecule has 194 valence electrons. The molecule has 2 aliphatic heterocycles. The van der Waals surface area contributed by atoms with Crippen LogP contribution in [0.5, 0.6) is 0 Å². The average molecular weight is 522 g/mol. The van der Waals surface area contributed by atoms with Gasteiger partial charge in [-0.05, 0) is 30.7 Å². The van der Waals surface area contributed by atoms with E-state index in [1.165, 1.54) is 18.0 Å². The highest BCUT2D eigenvalue weighted by Crippen LogP contribution is 2.30. The number of carbonyl (C=O) groups is 2. The Kier molecular flexibility index (Phi) is 6.37. The first kappa shape index (κ1) is 24.7. The van der Waals surface area contributed by atoms with Gasteiger partial charge in [0.05, 0.1) is 23.9 Å². The summed E-state index contributed by atoms with van der Waals surface area (Å²) in [5.41, 5.74) is 0.639. The number of carboxylic acid groups (broad SMARTS) is 1. The predicted molar refractivity (Wildman–Crippen MR) is 127 cm³/mol. The maximum Gasteiger partial charge on any atom is 0.375 e. The molecule has 4 heterocycles. The fourth-order valence-electron chi connectivity index (χ4n) is 4.32. The number of carbonyl (C=O) groups excluding carboxylic acids is 1. The average Bonchev–Trinajstić information content (AvgIpc) is 3.55. The summed E-state index contributed by atoms with van der Waals surface area (Å²) in [7, 11) is 0. The normalized spacial score (nSPS) is 17.1. The van der Waals surface area contributed by atoms with Crippen LogP contribution in [0.4, 0.5) is 19.5 Å². The van der Waals surface area contributed by atoms with Crippen LogP contribution < -0.4 is 4.90 Å². The van der Waals surface area contributed by atoms with E-state index in [4.69, 9.17) is 10.4 Å². The third-order valence-corrected chi connectivity index (χ3v) is 6.17.